The number of rotatable bonds is 4. The van der Waals surface area contributed by atoms with Crippen LogP contribution in [0.15, 0.2) is 35.5 Å². The summed E-state index contributed by atoms with van der Waals surface area (Å²) in [6.07, 6.45) is 2.48. The molecule has 4 rings (SSSR count). The van der Waals surface area contributed by atoms with Gasteiger partial charge >= 0.3 is 0 Å². The number of hydrogen-bond acceptors (Lipinski definition) is 7. The van der Waals surface area contributed by atoms with Gasteiger partial charge < -0.3 is 9.64 Å². The van der Waals surface area contributed by atoms with Crippen molar-refractivity contribution in [1.29, 1.82) is 0 Å². The van der Waals surface area contributed by atoms with Crippen LogP contribution in [0.25, 0.3) is 0 Å². The van der Waals surface area contributed by atoms with Crippen molar-refractivity contribution in [3.63, 3.8) is 0 Å². The van der Waals surface area contributed by atoms with Crippen molar-refractivity contribution in [1.82, 2.24) is 15.0 Å². The highest BCUT2D eigenvalue weighted by Crippen LogP contribution is 2.54. The van der Waals surface area contributed by atoms with Crippen molar-refractivity contribution in [2.75, 3.05) is 31.2 Å². The van der Waals surface area contributed by atoms with E-state index in [9.17, 15) is 8.42 Å². The van der Waals surface area contributed by atoms with Crippen LogP contribution in [-0.4, -0.2) is 49.7 Å². The van der Waals surface area contributed by atoms with Gasteiger partial charge in [0.25, 0.3) is 0 Å². The number of pyridine rings is 1. The predicted octanol–water partition coefficient (Wildman–Crippen LogP) is 1.82. The first kappa shape index (κ1) is 16.7. The summed E-state index contributed by atoms with van der Waals surface area (Å²) in [7, 11) is -3.65. The number of halogens is 1. The number of anilines is 1. The molecule has 25 heavy (non-hydrogen) atoms. The molecule has 7 nitrogen and oxygen atoms in total. The van der Waals surface area contributed by atoms with Crippen molar-refractivity contribution >= 4 is 27.3 Å². The lowest BCUT2D eigenvalue weighted by Crippen LogP contribution is -2.37. The number of aromatic nitrogens is 3. The second-order valence-corrected chi connectivity index (χ2v) is 8.69. The first-order valence-corrected chi connectivity index (χ1v) is 9.92. The maximum Gasteiger partial charge on any atom is 0.224 e. The van der Waals surface area contributed by atoms with Gasteiger partial charge in [-0.1, -0.05) is 6.07 Å². The minimum atomic E-state index is -3.65. The van der Waals surface area contributed by atoms with Crippen molar-refractivity contribution in [2.24, 2.45) is 0 Å². The maximum absolute atomic E-state index is 13.1. The molecule has 0 bridgehead atoms. The predicted molar refractivity (Wildman–Crippen MR) is 92.4 cm³/mol. The molecule has 0 spiro atoms. The van der Waals surface area contributed by atoms with Gasteiger partial charge in [-0.05, 0) is 36.6 Å². The molecule has 0 unspecified atom stereocenters. The lowest BCUT2D eigenvalue weighted by molar-refractivity contribution is 0.122. The lowest BCUT2D eigenvalue weighted by Gasteiger charge is -2.28. The number of nitrogens with zero attached hydrogens (tertiary/aromatic N) is 4. The van der Waals surface area contributed by atoms with Crippen LogP contribution in [0.5, 0.6) is 0 Å². The molecular weight excluding hydrogens is 364 g/mol. The van der Waals surface area contributed by atoms with Gasteiger partial charge in [0, 0.05) is 25.4 Å². The zero-order chi connectivity index (χ0) is 17.5. The van der Waals surface area contributed by atoms with Gasteiger partial charge in [0.15, 0.2) is 5.03 Å². The average molecular weight is 381 g/mol. The Labute approximate surface area is 150 Å². The fourth-order valence-electron chi connectivity index (χ4n) is 3.08. The number of ether oxygens (including phenoxy) is 1. The Bertz CT molecular complexity index is 882. The number of hydrogen-bond donors (Lipinski definition) is 0. The van der Waals surface area contributed by atoms with Gasteiger partial charge in [-0.15, -0.1) is 0 Å². The number of morpholine rings is 1. The van der Waals surface area contributed by atoms with E-state index in [0.29, 0.717) is 50.7 Å². The summed E-state index contributed by atoms with van der Waals surface area (Å²) in [4.78, 5) is 14.6. The Balaban J connectivity index is 1.75. The Morgan fingerprint density at radius 1 is 1.16 bits per heavy atom. The maximum atomic E-state index is 13.1. The molecule has 9 heteroatoms. The molecule has 132 valence electrons. The second-order valence-electron chi connectivity index (χ2n) is 6.15. The summed E-state index contributed by atoms with van der Waals surface area (Å²) in [6.45, 7) is 2.59. The van der Waals surface area contributed by atoms with Gasteiger partial charge in [-0.25, -0.2) is 23.4 Å². The van der Waals surface area contributed by atoms with Crippen molar-refractivity contribution in [3.8, 4) is 0 Å². The average Bonchev–Trinajstić information content (AvgIpc) is 3.45. The third-order valence-electron chi connectivity index (χ3n) is 4.62. The van der Waals surface area contributed by atoms with Crippen LogP contribution in [0.4, 0.5) is 5.82 Å². The van der Waals surface area contributed by atoms with Crippen molar-refractivity contribution < 1.29 is 13.2 Å². The van der Waals surface area contributed by atoms with E-state index in [1.807, 2.05) is 4.90 Å². The van der Waals surface area contributed by atoms with E-state index in [-0.39, 0.29) is 10.3 Å². The zero-order valence-corrected chi connectivity index (χ0v) is 15.0. The van der Waals surface area contributed by atoms with Crippen LogP contribution >= 0.6 is 11.6 Å². The van der Waals surface area contributed by atoms with E-state index in [2.05, 4.69) is 15.0 Å². The van der Waals surface area contributed by atoms with E-state index >= 15 is 0 Å². The van der Waals surface area contributed by atoms with E-state index in [1.54, 1.807) is 18.2 Å². The molecule has 0 N–H and O–H groups in total. The molecule has 1 aliphatic heterocycles. The molecule has 2 aliphatic rings. The van der Waals surface area contributed by atoms with E-state index in [1.165, 1.54) is 12.3 Å². The summed E-state index contributed by atoms with van der Waals surface area (Å²) in [5.41, 5.74) is 0.444. The van der Waals surface area contributed by atoms with Crippen LogP contribution in [0.2, 0.25) is 5.28 Å². The molecule has 2 fully saturated rings. The highest BCUT2D eigenvalue weighted by atomic mass is 35.5. The largest absolute Gasteiger partial charge is 0.378 e. The molecular formula is C16H17ClN4O3S. The minimum Gasteiger partial charge on any atom is -0.378 e. The monoisotopic (exact) mass is 380 g/mol. The molecule has 1 saturated heterocycles. The Morgan fingerprint density at radius 3 is 2.56 bits per heavy atom. The second kappa shape index (κ2) is 6.19. The zero-order valence-electron chi connectivity index (χ0n) is 13.4. The summed E-state index contributed by atoms with van der Waals surface area (Å²) in [5.74, 6) is 0.640. The number of sulfone groups is 1. The van der Waals surface area contributed by atoms with Gasteiger partial charge in [0.05, 0.1) is 18.9 Å². The summed E-state index contributed by atoms with van der Waals surface area (Å²) in [6, 6.07) is 6.62. The molecule has 0 amide bonds. The van der Waals surface area contributed by atoms with E-state index in [4.69, 9.17) is 16.3 Å². The summed E-state index contributed by atoms with van der Waals surface area (Å²) in [5, 5.41) is 0.122. The SMILES string of the molecule is O=S(=O)(c1ccccn1)C1(c2cc(N3CCOCC3)nc(Cl)n2)CC1. The first-order valence-electron chi connectivity index (χ1n) is 8.06. The fourth-order valence-corrected chi connectivity index (χ4v) is 5.13. The van der Waals surface area contributed by atoms with Gasteiger partial charge in [-0.2, -0.15) is 0 Å². The molecule has 3 heterocycles. The third-order valence-corrected chi connectivity index (χ3v) is 7.23. The summed E-state index contributed by atoms with van der Waals surface area (Å²) >= 11 is 6.11. The van der Waals surface area contributed by atoms with Crippen molar-refractivity contribution in [3.05, 3.63) is 41.4 Å². The summed E-state index contributed by atoms with van der Waals surface area (Å²) < 4.78 is 30.5. The first-order chi connectivity index (χ1) is 12.0. The fraction of sp³-hybridized carbons (Fsp3) is 0.438. The Morgan fingerprint density at radius 2 is 1.92 bits per heavy atom. The third kappa shape index (κ3) is 2.88. The van der Waals surface area contributed by atoms with Crippen molar-refractivity contribution in [2.45, 2.75) is 22.6 Å². The van der Waals surface area contributed by atoms with E-state index in [0.717, 1.165) is 0 Å². The van der Waals surface area contributed by atoms with Gasteiger partial charge in [-0.3, -0.25) is 0 Å². The molecule has 1 saturated carbocycles. The standard InChI is InChI=1S/C16H17ClN4O3S/c17-15-19-12(11-13(20-15)21-7-9-24-10-8-21)16(4-5-16)25(22,23)14-3-1-2-6-18-14/h1-3,6,11H,4-5,7-10H2. The van der Waals surface area contributed by atoms with Gasteiger partial charge in [0.1, 0.15) is 10.6 Å². The minimum absolute atomic E-state index is 0.0569. The molecule has 0 radical (unpaired) electrons. The van der Waals surface area contributed by atoms with E-state index < -0.39 is 14.6 Å². The highest BCUT2D eigenvalue weighted by molar-refractivity contribution is 7.92. The molecule has 2 aromatic rings. The van der Waals surface area contributed by atoms with Crippen LogP contribution in [-0.2, 0) is 19.3 Å². The molecule has 0 atom stereocenters. The normalized spacial score (nSPS) is 19.6. The smallest absolute Gasteiger partial charge is 0.224 e. The quantitative estimate of drug-likeness (QED) is 0.748. The molecule has 2 aromatic heterocycles. The van der Waals surface area contributed by atoms with Gasteiger partial charge in [0.2, 0.25) is 15.1 Å². The van der Waals surface area contributed by atoms with Crippen LogP contribution in [0.3, 0.4) is 0 Å². The molecule has 1 aliphatic carbocycles. The highest BCUT2D eigenvalue weighted by Gasteiger charge is 2.58. The Hall–Kier alpha value is -1.77. The topological polar surface area (TPSA) is 85.3 Å². The van der Waals surface area contributed by atoms with Crippen LogP contribution in [0, 0.1) is 0 Å². The van der Waals surface area contributed by atoms with Crippen LogP contribution < -0.4 is 4.90 Å². The molecule has 0 aromatic carbocycles. The Kier molecular flexibility index (Phi) is 4.13. The lowest BCUT2D eigenvalue weighted by atomic mass is 10.2. The van der Waals surface area contributed by atoms with Crippen LogP contribution in [0.1, 0.15) is 18.5 Å².